The Bertz CT molecular complexity index is 3190. The van der Waals surface area contributed by atoms with Crippen molar-refractivity contribution in [3.63, 3.8) is 0 Å². The van der Waals surface area contributed by atoms with Gasteiger partial charge in [-0.1, -0.05) is 188 Å². The van der Waals surface area contributed by atoms with Crippen molar-refractivity contribution in [3.05, 3.63) is 62.0 Å². The number of ether oxygens (including phenoxy) is 9. The molecule has 0 fully saturated rings. The van der Waals surface area contributed by atoms with Crippen LogP contribution in [0.4, 0.5) is 0 Å². The van der Waals surface area contributed by atoms with Crippen molar-refractivity contribution < 1.29 is 180 Å². The van der Waals surface area contributed by atoms with E-state index in [2.05, 4.69) is 45.1 Å². The monoisotopic (exact) mass is 1910 g/mol. The van der Waals surface area contributed by atoms with Crippen LogP contribution in [-0.2, 0) is 129 Å². The standard InChI is InChI=1S/C14H23NO5.2C13H20O6.C13H22O5.2C7H12O4.C6H12O.3C5H10O2.6CH4/c1-4-10(3)14(19)20-9-7-6-8-11(13(17)18)15-12(16)5-2;2*1-5-13(4,8-10(14)15)12(17)19-7-6-18-11(16)9(2)3;1-5-11(4)13(15)18-9-7-16-6-8-17-12(14)10(2)3;1-4(3-6(8)9)5(2)7(10)11;1-3-7(2,6(10)11)4-5(8)9;1-4-6(3)7-5-2;3*1-3-4(2)5(6)7;;;;;;/h5,10-11H,2,4,6-9H2,1,3H3,(H,15,16)(H,17,18);2*2,5-8H2,1,3-4H3,(H,14,15);11H,2,5-9H2,1,3-4H3;4-5H,3H2,1-2H3,(H,8,9)(H,10,11);3-4H2,1-2H3,(H,8,9)(H,10,11);5-6H,2,4H2,1,3H3;3*4H,3H2,1-2H3,(H,6,7);6*1H4. The average Bonchev–Trinajstić information content (AvgIpc) is 0.862. The lowest BCUT2D eigenvalue weighted by Gasteiger charge is -2.23. The molecule has 0 aliphatic heterocycles. The molecule has 0 aromatic heterocycles. The van der Waals surface area contributed by atoms with Gasteiger partial charge in [-0.25, -0.2) is 19.2 Å². The molecule has 38 heteroatoms. The molecular formula is C94H175NO37. The van der Waals surface area contributed by atoms with E-state index in [0.29, 0.717) is 50.4 Å². The first-order valence-corrected chi connectivity index (χ1v) is 41.3. The molecule has 38 nitrogen and oxygen atoms in total. The van der Waals surface area contributed by atoms with Crippen LogP contribution in [0.25, 0.3) is 0 Å². The largest absolute Gasteiger partial charge is 0.499 e. The first kappa shape index (κ1) is 158. The van der Waals surface area contributed by atoms with Crippen LogP contribution in [0.5, 0.6) is 0 Å². The molecule has 0 heterocycles. The first-order chi connectivity index (χ1) is 58.1. The van der Waals surface area contributed by atoms with Crippen molar-refractivity contribution in [3.8, 4) is 0 Å². The van der Waals surface area contributed by atoms with Crippen molar-refractivity contribution in [2.24, 2.45) is 57.7 Å². The van der Waals surface area contributed by atoms with E-state index < -0.39 is 124 Å². The fraction of sp³-hybridized carbons (Fsp3) is 0.702. The van der Waals surface area contributed by atoms with Gasteiger partial charge in [0.2, 0.25) is 5.91 Å². The van der Waals surface area contributed by atoms with Crippen LogP contribution >= 0.6 is 0 Å². The average molecular weight is 1910 g/mol. The highest BCUT2D eigenvalue weighted by Crippen LogP contribution is 2.29. The molecule has 12 unspecified atom stereocenters. The van der Waals surface area contributed by atoms with Gasteiger partial charge in [-0.2, -0.15) is 0 Å². The minimum absolute atomic E-state index is 0. The van der Waals surface area contributed by atoms with Crippen molar-refractivity contribution >= 4 is 107 Å². The molecule has 0 radical (unpaired) electrons. The number of rotatable bonds is 52. The first-order valence-electron chi connectivity index (χ1n) is 41.3. The van der Waals surface area contributed by atoms with Crippen molar-refractivity contribution in [1.29, 1.82) is 0 Å². The maximum Gasteiger partial charge on any atom is 0.333 e. The molecule has 0 rings (SSSR count). The van der Waals surface area contributed by atoms with E-state index in [-0.39, 0.29) is 188 Å². The predicted octanol–water partition coefficient (Wildman–Crippen LogP) is 17.2. The van der Waals surface area contributed by atoms with Crippen LogP contribution in [0.3, 0.4) is 0 Å². The molecule has 0 aliphatic rings. The zero-order valence-corrected chi connectivity index (χ0v) is 78.6. The van der Waals surface area contributed by atoms with E-state index >= 15 is 0 Å². The van der Waals surface area contributed by atoms with Crippen LogP contribution in [0.15, 0.2) is 62.0 Å². The summed E-state index contributed by atoms with van der Waals surface area (Å²) in [6.45, 7) is 57.4. The van der Waals surface area contributed by atoms with Crippen molar-refractivity contribution in [2.75, 3.05) is 59.5 Å². The Morgan fingerprint density at radius 2 is 0.644 bits per heavy atom. The Balaban J connectivity index is -0.0000000824. The predicted molar refractivity (Wildman–Crippen MR) is 505 cm³/mol. The molecule has 132 heavy (non-hydrogen) atoms. The van der Waals surface area contributed by atoms with E-state index in [1.54, 1.807) is 62.3 Å². The highest BCUT2D eigenvalue weighted by Gasteiger charge is 2.37. The second-order valence-electron chi connectivity index (χ2n) is 29.6. The van der Waals surface area contributed by atoms with E-state index in [4.69, 9.17) is 93.7 Å². The van der Waals surface area contributed by atoms with Gasteiger partial charge in [-0.05, 0) is 138 Å². The summed E-state index contributed by atoms with van der Waals surface area (Å²) in [7, 11) is 0. The number of carboxylic acids is 10. The Morgan fingerprint density at radius 3 is 0.856 bits per heavy atom. The van der Waals surface area contributed by atoms with Crippen LogP contribution in [0.2, 0.25) is 0 Å². The fourth-order valence-corrected chi connectivity index (χ4v) is 7.00. The number of hydrogen-bond donors (Lipinski definition) is 11. The zero-order valence-electron chi connectivity index (χ0n) is 78.6. The minimum Gasteiger partial charge on any atom is -0.499 e. The summed E-state index contributed by atoms with van der Waals surface area (Å²) in [6.07, 6.45) is 8.95. The number of unbranched alkanes of at least 4 members (excludes halogenated alkanes) is 1. The third-order valence-electron chi connectivity index (χ3n) is 18.3. The molecule has 0 aromatic carbocycles. The highest BCUT2D eigenvalue weighted by molar-refractivity contribution is 5.91. The summed E-state index contributed by atoms with van der Waals surface area (Å²) >= 11 is 0. The normalized spacial score (nSPS) is 12.8. The number of hydrogen-bond acceptors (Lipinski definition) is 27. The van der Waals surface area contributed by atoms with Gasteiger partial charge in [0.1, 0.15) is 45.7 Å². The van der Waals surface area contributed by atoms with Crippen LogP contribution in [-0.4, -0.2) is 230 Å². The number of esters is 7. The van der Waals surface area contributed by atoms with E-state index in [9.17, 15) is 86.3 Å². The molecule has 12 atom stereocenters. The quantitative estimate of drug-likeness (QED) is 0.00886. The maximum atomic E-state index is 11.8. The number of carbonyl (C=O) groups excluding carboxylic acids is 8. The van der Waals surface area contributed by atoms with Gasteiger partial charge in [0.15, 0.2) is 0 Å². The number of amides is 1. The zero-order chi connectivity index (χ0) is 101. The SMILES string of the molecule is C.C.C.C.C.C.C=C(C)C(=O)OCCOC(=O)C(C)(CC)CC(=O)O.C=C(C)C(=O)OCCOC(=O)C(C)(CC)CC(=O)O.C=C(C)C(=O)OCCOCCOC(=O)C(C)CC.C=CC(=O)NC(CCCCOC(=O)C(C)CC)C(=O)O.C=COC(C)CC.CC(CC(=O)O)C(C)C(=O)O.CCC(C)(CC(=O)O)C(=O)O.CCC(C)C(=O)O.CCC(C)C(=O)O.CCC(C)C(=O)O. The summed E-state index contributed by atoms with van der Waals surface area (Å²) in [5.74, 6) is -14.7. The lowest BCUT2D eigenvalue weighted by Crippen LogP contribution is -2.39. The van der Waals surface area contributed by atoms with Crippen LogP contribution in [0.1, 0.15) is 307 Å². The number of aliphatic carboxylic acids is 10. The lowest BCUT2D eigenvalue weighted by molar-refractivity contribution is -0.162. The van der Waals surface area contributed by atoms with Crippen molar-refractivity contribution in [1.82, 2.24) is 5.32 Å². The summed E-state index contributed by atoms with van der Waals surface area (Å²) in [6, 6.07) is -0.939. The van der Waals surface area contributed by atoms with Gasteiger partial charge in [-0.3, -0.25) is 67.1 Å². The molecule has 778 valence electrons. The molecule has 1 amide bonds. The molecule has 11 N–H and O–H groups in total. The summed E-state index contributed by atoms with van der Waals surface area (Å²) in [5.41, 5.74) is -2.37. The Kier molecular flexibility index (Phi) is 113. The number of carboxylic acid groups (broad SMARTS) is 10. The third kappa shape index (κ3) is 95.0. The summed E-state index contributed by atoms with van der Waals surface area (Å²) in [5, 5.41) is 87.1. The fourth-order valence-electron chi connectivity index (χ4n) is 7.00. The van der Waals surface area contributed by atoms with Gasteiger partial charge in [0, 0.05) is 23.1 Å². The lowest BCUT2D eigenvalue weighted by atomic mass is 9.84. The van der Waals surface area contributed by atoms with Crippen molar-refractivity contribution in [2.45, 2.75) is 319 Å². The molecule has 0 bridgehead atoms. The van der Waals surface area contributed by atoms with Gasteiger partial charge >= 0.3 is 101 Å². The van der Waals surface area contributed by atoms with Gasteiger partial charge in [0.25, 0.3) is 0 Å². The molecule has 0 saturated heterocycles. The van der Waals surface area contributed by atoms with Crippen LogP contribution in [0, 0.1) is 57.7 Å². The highest BCUT2D eigenvalue weighted by atomic mass is 16.6. The second kappa shape index (κ2) is 94.6. The topological polar surface area (TPSA) is 605 Å². The van der Waals surface area contributed by atoms with Gasteiger partial charge in [-0.15, -0.1) is 0 Å². The second-order valence-corrected chi connectivity index (χ2v) is 29.6. The van der Waals surface area contributed by atoms with Crippen LogP contribution < -0.4 is 5.32 Å². The Morgan fingerprint density at radius 1 is 0.356 bits per heavy atom. The smallest absolute Gasteiger partial charge is 0.333 e. The molecule has 0 aliphatic carbocycles. The molecule has 0 aromatic rings. The van der Waals surface area contributed by atoms with E-state index in [1.165, 1.54) is 47.8 Å². The number of carbonyl (C=O) groups is 18. The maximum absolute atomic E-state index is 11.8. The summed E-state index contributed by atoms with van der Waals surface area (Å²) < 4.78 is 44.3. The molecule has 0 saturated carbocycles. The third-order valence-corrected chi connectivity index (χ3v) is 18.3. The van der Waals surface area contributed by atoms with Gasteiger partial charge < -0.3 is 99.0 Å². The number of nitrogens with one attached hydrogen (secondary N) is 1. The summed E-state index contributed by atoms with van der Waals surface area (Å²) in [4.78, 5) is 194. The van der Waals surface area contributed by atoms with Gasteiger partial charge in [0.05, 0.1) is 103 Å². The minimum atomic E-state index is -1.12. The van der Waals surface area contributed by atoms with E-state index in [1.807, 2.05) is 48.5 Å². The Hall–Kier alpha value is -11.1. The molecule has 0 spiro atoms. The Labute approximate surface area is 787 Å². The van der Waals surface area contributed by atoms with E-state index in [0.717, 1.165) is 44.6 Å². The molecular weight excluding hydrogens is 1740 g/mol.